The molecule has 0 unspecified atom stereocenters. The van der Waals surface area contributed by atoms with Gasteiger partial charge in [-0.2, -0.15) is 0 Å². The summed E-state index contributed by atoms with van der Waals surface area (Å²) in [4.78, 5) is 18.4. The van der Waals surface area contributed by atoms with Crippen molar-refractivity contribution in [2.75, 3.05) is 16.8 Å². The summed E-state index contributed by atoms with van der Waals surface area (Å²) in [5.74, 6) is 0.976. The molecular weight excluding hydrogens is 274 g/mol. The van der Waals surface area contributed by atoms with Crippen molar-refractivity contribution in [2.45, 2.75) is 26.7 Å². The molecule has 0 aliphatic carbocycles. The first-order chi connectivity index (χ1) is 10.6. The van der Waals surface area contributed by atoms with Crippen molar-refractivity contribution >= 4 is 23.1 Å². The molecule has 2 aromatic rings. The number of anilines is 3. The molecule has 1 N–H and O–H groups in total. The van der Waals surface area contributed by atoms with Gasteiger partial charge < -0.3 is 10.2 Å². The lowest BCUT2D eigenvalue weighted by atomic mass is 10.1. The molecule has 1 aromatic heterocycles. The zero-order chi connectivity index (χ0) is 15.5. The van der Waals surface area contributed by atoms with Gasteiger partial charge in [-0.25, -0.2) is 4.98 Å². The summed E-state index contributed by atoms with van der Waals surface area (Å²) < 4.78 is 0. The Hall–Kier alpha value is -2.36. The number of carbonyl (C=O) groups excluding carboxylic acids is 1. The molecule has 1 aliphatic rings. The minimum absolute atomic E-state index is 0.0155. The van der Waals surface area contributed by atoms with E-state index in [4.69, 9.17) is 0 Å². The molecule has 22 heavy (non-hydrogen) atoms. The van der Waals surface area contributed by atoms with Gasteiger partial charge in [-0.1, -0.05) is 32.0 Å². The van der Waals surface area contributed by atoms with Crippen LogP contribution in [0.4, 0.5) is 17.2 Å². The third kappa shape index (κ3) is 3.11. The fourth-order valence-electron chi connectivity index (χ4n) is 2.79. The smallest absolute Gasteiger partial charge is 0.225 e. The van der Waals surface area contributed by atoms with Gasteiger partial charge in [0.25, 0.3) is 0 Å². The number of nitrogens with zero attached hydrogens (tertiary/aromatic N) is 2. The fourth-order valence-corrected chi connectivity index (χ4v) is 2.79. The largest absolute Gasteiger partial charge is 0.340 e. The van der Waals surface area contributed by atoms with E-state index in [9.17, 15) is 4.79 Å². The molecule has 2 heterocycles. The van der Waals surface area contributed by atoms with Crippen LogP contribution < -0.4 is 10.2 Å². The molecule has 114 valence electrons. The fraction of sp³-hybridized carbons (Fsp3) is 0.333. The van der Waals surface area contributed by atoms with E-state index in [1.807, 2.05) is 32.2 Å². The van der Waals surface area contributed by atoms with Gasteiger partial charge in [-0.05, 0) is 36.1 Å². The molecule has 0 fully saturated rings. The molecule has 1 amide bonds. The normalized spacial score (nSPS) is 13.3. The Morgan fingerprint density at radius 3 is 2.82 bits per heavy atom. The van der Waals surface area contributed by atoms with E-state index in [1.165, 1.54) is 11.3 Å². The molecule has 1 aliphatic heterocycles. The summed E-state index contributed by atoms with van der Waals surface area (Å²) in [6.07, 6.45) is 3.40. The number of rotatable bonds is 4. The standard InChI is InChI=1S/C18H21N3O/c1-13(2)11-18(22)20-17-8-7-15(12-19-17)21-10-9-14-5-3-4-6-16(14)21/h3-8,12-13H,9-11H2,1-2H3,(H,19,20,22). The number of pyridine rings is 1. The summed E-state index contributed by atoms with van der Waals surface area (Å²) in [6, 6.07) is 12.3. The molecule has 4 heteroatoms. The molecule has 0 saturated carbocycles. The summed E-state index contributed by atoms with van der Waals surface area (Å²) in [6.45, 7) is 5.03. The summed E-state index contributed by atoms with van der Waals surface area (Å²) in [7, 11) is 0. The van der Waals surface area contributed by atoms with Gasteiger partial charge in [0.1, 0.15) is 5.82 Å². The van der Waals surface area contributed by atoms with Crippen molar-refractivity contribution in [1.29, 1.82) is 0 Å². The second-order valence-corrected chi connectivity index (χ2v) is 6.08. The number of hydrogen-bond donors (Lipinski definition) is 1. The molecule has 0 saturated heterocycles. The van der Waals surface area contributed by atoms with Crippen molar-refractivity contribution in [3.63, 3.8) is 0 Å². The number of hydrogen-bond acceptors (Lipinski definition) is 3. The van der Waals surface area contributed by atoms with E-state index >= 15 is 0 Å². The topological polar surface area (TPSA) is 45.2 Å². The number of amides is 1. The Balaban J connectivity index is 1.72. The molecule has 3 rings (SSSR count). The van der Waals surface area contributed by atoms with Crippen LogP contribution in [0, 0.1) is 5.92 Å². The predicted octanol–water partition coefficient (Wildman–Crippen LogP) is 3.76. The first kappa shape index (κ1) is 14.6. The maximum absolute atomic E-state index is 11.8. The highest BCUT2D eigenvalue weighted by Crippen LogP contribution is 2.33. The number of benzene rings is 1. The highest BCUT2D eigenvalue weighted by molar-refractivity contribution is 5.90. The number of fused-ring (bicyclic) bond motifs is 1. The van der Waals surface area contributed by atoms with Crippen LogP contribution in [-0.2, 0) is 11.2 Å². The molecule has 0 spiro atoms. The minimum atomic E-state index is 0.0155. The van der Waals surface area contributed by atoms with E-state index in [0.29, 0.717) is 18.2 Å². The van der Waals surface area contributed by atoms with Gasteiger partial charge in [0.05, 0.1) is 11.9 Å². The van der Waals surface area contributed by atoms with Crippen LogP contribution in [0.15, 0.2) is 42.6 Å². The van der Waals surface area contributed by atoms with E-state index in [1.54, 1.807) is 0 Å². The molecule has 1 aromatic carbocycles. The van der Waals surface area contributed by atoms with Crippen molar-refractivity contribution in [3.8, 4) is 0 Å². The lowest BCUT2D eigenvalue weighted by molar-refractivity contribution is -0.116. The molecule has 0 radical (unpaired) electrons. The quantitative estimate of drug-likeness (QED) is 0.934. The summed E-state index contributed by atoms with van der Waals surface area (Å²) in [5.41, 5.74) is 3.68. The van der Waals surface area contributed by atoms with Crippen LogP contribution in [0.25, 0.3) is 0 Å². The molecule has 0 bridgehead atoms. The predicted molar refractivity (Wildman–Crippen MR) is 89.5 cm³/mol. The van der Waals surface area contributed by atoms with E-state index in [2.05, 4.69) is 39.5 Å². The van der Waals surface area contributed by atoms with Crippen LogP contribution >= 0.6 is 0 Å². The number of aromatic nitrogens is 1. The third-order valence-electron chi connectivity index (χ3n) is 3.81. The van der Waals surface area contributed by atoms with Crippen molar-refractivity contribution < 1.29 is 4.79 Å². The zero-order valence-corrected chi connectivity index (χ0v) is 13.0. The van der Waals surface area contributed by atoms with Crippen molar-refractivity contribution in [3.05, 3.63) is 48.2 Å². The third-order valence-corrected chi connectivity index (χ3v) is 3.81. The second kappa shape index (κ2) is 6.18. The van der Waals surface area contributed by atoms with E-state index in [-0.39, 0.29) is 5.91 Å². The van der Waals surface area contributed by atoms with Crippen molar-refractivity contribution in [1.82, 2.24) is 4.98 Å². The number of nitrogens with one attached hydrogen (secondary N) is 1. The van der Waals surface area contributed by atoms with E-state index < -0.39 is 0 Å². The van der Waals surface area contributed by atoms with Gasteiger partial charge >= 0.3 is 0 Å². The van der Waals surface area contributed by atoms with Crippen LogP contribution in [0.2, 0.25) is 0 Å². The molecule has 0 atom stereocenters. The maximum atomic E-state index is 11.8. The average Bonchev–Trinajstić information content (AvgIpc) is 2.91. The Labute approximate surface area is 131 Å². The molecule has 4 nitrogen and oxygen atoms in total. The summed E-state index contributed by atoms with van der Waals surface area (Å²) >= 11 is 0. The number of carbonyl (C=O) groups is 1. The summed E-state index contributed by atoms with van der Waals surface area (Å²) in [5, 5.41) is 2.84. The van der Waals surface area contributed by atoms with E-state index in [0.717, 1.165) is 18.7 Å². The Kier molecular flexibility index (Phi) is 4.09. The van der Waals surface area contributed by atoms with Gasteiger partial charge in [-0.15, -0.1) is 0 Å². The molecular formula is C18H21N3O. The van der Waals surface area contributed by atoms with Crippen LogP contribution in [0.3, 0.4) is 0 Å². The SMILES string of the molecule is CC(C)CC(=O)Nc1ccc(N2CCc3ccccc32)cn1. The lowest BCUT2D eigenvalue weighted by Crippen LogP contribution is -2.16. The highest BCUT2D eigenvalue weighted by Gasteiger charge is 2.19. The number of para-hydroxylation sites is 1. The van der Waals surface area contributed by atoms with Crippen molar-refractivity contribution in [2.24, 2.45) is 5.92 Å². The van der Waals surface area contributed by atoms with Gasteiger partial charge in [0.15, 0.2) is 0 Å². The Morgan fingerprint density at radius 2 is 2.09 bits per heavy atom. The van der Waals surface area contributed by atoms with Gasteiger partial charge in [-0.3, -0.25) is 4.79 Å². The maximum Gasteiger partial charge on any atom is 0.225 e. The Morgan fingerprint density at radius 1 is 1.27 bits per heavy atom. The first-order valence-corrected chi connectivity index (χ1v) is 7.75. The zero-order valence-electron chi connectivity index (χ0n) is 13.0. The van der Waals surface area contributed by atoms with Gasteiger partial charge in [0.2, 0.25) is 5.91 Å². The monoisotopic (exact) mass is 295 g/mol. The average molecular weight is 295 g/mol. The first-order valence-electron chi connectivity index (χ1n) is 7.75. The van der Waals surface area contributed by atoms with Gasteiger partial charge in [0, 0.05) is 18.7 Å². The second-order valence-electron chi connectivity index (χ2n) is 6.08. The highest BCUT2D eigenvalue weighted by atomic mass is 16.1. The van der Waals surface area contributed by atoms with Crippen LogP contribution in [-0.4, -0.2) is 17.4 Å². The van der Waals surface area contributed by atoms with Crippen LogP contribution in [0.5, 0.6) is 0 Å². The minimum Gasteiger partial charge on any atom is -0.340 e. The lowest BCUT2D eigenvalue weighted by Gasteiger charge is -2.19. The van der Waals surface area contributed by atoms with Crippen LogP contribution in [0.1, 0.15) is 25.8 Å². The Bertz CT molecular complexity index is 664.